The zero-order valence-corrected chi connectivity index (χ0v) is 22.3. The number of aliphatic hydroxyl groups excluding tert-OH is 1. The van der Waals surface area contributed by atoms with Crippen molar-refractivity contribution in [1.82, 2.24) is 0 Å². The maximum atomic E-state index is 13.9. The van der Waals surface area contributed by atoms with Crippen LogP contribution in [0.1, 0.15) is 40.7 Å². The Labute approximate surface area is 231 Å². The highest BCUT2D eigenvalue weighted by Gasteiger charge is 2.60. The highest BCUT2D eigenvalue weighted by molar-refractivity contribution is 6.24. The molecule has 0 aliphatic heterocycles. The Hall–Kier alpha value is -4.09. The number of hydrogen-bond donors (Lipinski definition) is 5. The molecule has 4 atom stereocenters. The van der Waals surface area contributed by atoms with Gasteiger partial charge in [-0.15, -0.1) is 0 Å². The van der Waals surface area contributed by atoms with Gasteiger partial charge in [-0.05, 0) is 42.4 Å². The van der Waals surface area contributed by atoms with Crippen molar-refractivity contribution in [2.75, 3.05) is 30.9 Å². The molecule has 2 amide bonds. The number of aliphatic hydroxyl groups is 2. The molecule has 4 rings (SSSR count). The van der Waals surface area contributed by atoms with E-state index < -0.39 is 71.3 Å². The van der Waals surface area contributed by atoms with Crippen molar-refractivity contribution in [2.24, 2.45) is 23.5 Å². The molecule has 0 aromatic heterocycles. The molecule has 2 aliphatic carbocycles. The lowest BCUT2D eigenvalue weighted by molar-refractivity contribution is -0.167. The van der Waals surface area contributed by atoms with Gasteiger partial charge in [0.2, 0.25) is 11.8 Å². The fourth-order valence-electron chi connectivity index (χ4n) is 6.06. The maximum absolute atomic E-state index is 13.9. The molecule has 2 aliphatic rings. The topological polar surface area (TPSA) is 187 Å². The van der Waals surface area contributed by atoms with Gasteiger partial charge in [-0.1, -0.05) is 30.3 Å². The summed E-state index contributed by atoms with van der Waals surface area (Å²) >= 11 is 0. The highest BCUT2D eigenvalue weighted by atomic mass is 16.3. The van der Waals surface area contributed by atoms with E-state index in [-0.39, 0.29) is 36.9 Å². The Morgan fingerprint density at radius 3 is 2.42 bits per heavy atom. The van der Waals surface area contributed by atoms with E-state index in [0.29, 0.717) is 11.3 Å². The number of aromatic hydroxyl groups is 1. The third-order valence-electron chi connectivity index (χ3n) is 7.89. The molecule has 0 saturated heterocycles. The Balaban J connectivity index is 1.76. The Bertz CT molecular complexity index is 1370. The van der Waals surface area contributed by atoms with Crippen molar-refractivity contribution in [3.05, 3.63) is 53.1 Å². The number of phenols is 1. The summed E-state index contributed by atoms with van der Waals surface area (Å²) in [4.78, 5) is 66.5. The normalized spacial score (nSPS) is 23.6. The van der Waals surface area contributed by atoms with E-state index in [9.17, 15) is 39.3 Å². The molecule has 0 bridgehead atoms. The van der Waals surface area contributed by atoms with Gasteiger partial charge in [-0.25, -0.2) is 0 Å². The average molecular weight is 552 g/mol. The number of carbonyl (C=O) groups is 5. The first-order valence-electron chi connectivity index (χ1n) is 13.0. The number of ketones is 3. The van der Waals surface area contributed by atoms with Crippen LogP contribution in [-0.2, 0) is 32.0 Å². The molecule has 0 heterocycles. The number of nitrogens with one attached hydrogen (secondary N) is 1. The van der Waals surface area contributed by atoms with Crippen LogP contribution in [0.3, 0.4) is 0 Å². The maximum Gasteiger partial charge on any atom is 0.228 e. The van der Waals surface area contributed by atoms with Crippen LogP contribution in [0.25, 0.3) is 0 Å². The van der Waals surface area contributed by atoms with Crippen molar-refractivity contribution in [3.8, 4) is 5.75 Å². The number of primary amides is 1. The molecule has 40 heavy (non-hydrogen) atoms. The van der Waals surface area contributed by atoms with Gasteiger partial charge in [-0.2, -0.15) is 0 Å². The number of anilines is 2. The number of fused-ring (bicyclic) bond motifs is 2. The minimum absolute atomic E-state index is 0.0170. The Kier molecular flexibility index (Phi) is 8.08. The summed E-state index contributed by atoms with van der Waals surface area (Å²) < 4.78 is 0. The highest BCUT2D eigenvalue weighted by Crippen LogP contribution is 2.50. The third-order valence-corrected chi connectivity index (χ3v) is 7.89. The molecular formula is C29H33N3O8. The molecule has 1 saturated carbocycles. The van der Waals surface area contributed by atoms with E-state index in [1.807, 2.05) is 6.07 Å². The number of Topliss-reactive ketones (excluding diaryl/α,β-unsaturated/α-hetero) is 3. The minimum atomic E-state index is -2.69. The zero-order chi connectivity index (χ0) is 29.4. The summed E-state index contributed by atoms with van der Waals surface area (Å²) in [5, 5.41) is 34.8. The molecule has 2 aromatic carbocycles. The lowest BCUT2D eigenvalue weighted by atomic mass is 9.57. The molecular weight excluding hydrogens is 518 g/mol. The van der Waals surface area contributed by atoms with Gasteiger partial charge < -0.3 is 31.3 Å². The molecule has 0 radical (unpaired) electrons. The van der Waals surface area contributed by atoms with Crippen molar-refractivity contribution >= 4 is 40.5 Å². The second-order valence-corrected chi connectivity index (χ2v) is 10.7. The summed E-state index contributed by atoms with van der Waals surface area (Å²) in [5.41, 5.74) is 4.04. The number of carbonyl (C=O) groups excluding carboxylic acids is 5. The van der Waals surface area contributed by atoms with E-state index in [1.54, 1.807) is 49.3 Å². The Morgan fingerprint density at radius 1 is 1.15 bits per heavy atom. The van der Waals surface area contributed by atoms with Gasteiger partial charge in [0.05, 0.1) is 30.0 Å². The Morgan fingerprint density at radius 2 is 1.82 bits per heavy atom. The van der Waals surface area contributed by atoms with Gasteiger partial charge >= 0.3 is 0 Å². The summed E-state index contributed by atoms with van der Waals surface area (Å²) in [7, 11) is 3.47. The fourth-order valence-corrected chi connectivity index (χ4v) is 6.06. The molecule has 1 unspecified atom stereocenters. The van der Waals surface area contributed by atoms with Crippen molar-refractivity contribution in [3.63, 3.8) is 0 Å². The first-order chi connectivity index (χ1) is 18.9. The smallest absolute Gasteiger partial charge is 0.228 e. The number of nitrogens with zero attached hydrogens (tertiary/aromatic N) is 1. The summed E-state index contributed by atoms with van der Waals surface area (Å²) in [6.45, 7) is -0.429. The monoisotopic (exact) mass is 551 g/mol. The van der Waals surface area contributed by atoms with Gasteiger partial charge in [0, 0.05) is 32.3 Å². The number of phenolic OH excluding ortho intramolecular Hbond substituents is 1. The van der Waals surface area contributed by atoms with Crippen LogP contribution in [0.4, 0.5) is 11.4 Å². The average Bonchev–Trinajstić information content (AvgIpc) is 2.88. The number of hydrogen-bond acceptors (Lipinski definition) is 9. The van der Waals surface area contributed by atoms with E-state index in [2.05, 4.69) is 5.32 Å². The summed E-state index contributed by atoms with van der Waals surface area (Å²) in [6.07, 6.45) is -0.770. The van der Waals surface area contributed by atoms with Gasteiger partial charge in [-0.3, -0.25) is 24.0 Å². The van der Waals surface area contributed by atoms with Crippen LogP contribution in [0, 0.1) is 17.8 Å². The van der Waals surface area contributed by atoms with E-state index >= 15 is 0 Å². The number of amides is 2. The lowest BCUT2D eigenvalue weighted by Crippen LogP contribution is -2.63. The molecule has 11 nitrogen and oxygen atoms in total. The zero-order valence-electron chi connectivity index (χ0n) is 22.3. The van der Waals surface area contributed by atoms with Crippen LogP contribution in [0.2, 0.25) is 0 Å². The van der Waals surface area contributed by atoms with Crippen molar-refractivity contribution in [1.29, 1.82) is 0 Å². The summed E-state index contributed by atoms with van der Waals surface area (Å²) in [6, 6.07) is 10.5. The molecule has 212 valence electrons. The molecule has 2 aromatic rings. The predicted molar refractivity (Wildman–Crippen MR) is 145 cm³/mol. The van der Waals surface area contributed by atoms with Crippen molar-refractivity contribution < 1.29 is 39.3 Å². The minimum Gasteiger partial charge on any atom is -0.505 e. The van der Waals surface area contributed by atoms with Crippen LogP contribution in [0.15, 0.2) is 36.4 Å². The molecule has 11 heteroatoms. The fraction of sp³-hybridized carbons (Fsp3) is 0.414. The first kappa shape index (κ1) is 28.9. The largest absolute Gasteiger partial charge is 0.505 e. The van der Waals surface area contributed by atoms with Crippen molar-refractivity contribution in [2.45, 2.75) is 37.7 Å². The predicted octanol–water partition coefficient (Wildman–Crippen LogP) is 0.758. The van der Waals surface area contributed by atoms with E-state index in [0.717, 1.165) is 5.56 Å². The summed E-state index contributed by atoms with van der Waals surface area (Å²) in [5.74, 6) is -8.09. The standard InChI is InChI=1S/C29H33N3O8/c1-32(2)20-13-19(31-23(36)10-15-6-4-3-5-7-15)26(37)25-18(20)12-16-11-17(8-9-33)29(40,21(34)14-22(30)35)28(39)24(16)27(25)38/h3-7,13,16-17,24,33,37,40H,8-12,14H2,1-2H3,(H2,30,35)(H,31,36)/t16-,17-,24?,29-/m1/s1. The molecule has 1 fully saturated rings. The third kappa shape index (κ3) is 5.09. The van der Waals surface area contributed by atoms with Gasteiger partial charge in [0.15, 0.2) is 23.0 Å². The molecule has 0 spiro atoms. The van der Waals surface area contributed by atoms with Gasteiger partial charge in [0.1, 0.15) is 5.75 Å². The SMILES string of the molecule is CN(C)c1cc(NC(=O)Cc2ccccc2)c(O)c2c1C[C@H]1C[C@@H](CCO)[C@@](O)(C(=O)CC(N)=O)C(=O)C1C2=O. The quantitative estimate of drug-likeness (QED) is 0.221. The second-order valence-electron chi connectivity index (χ2n) is 10.7. The van der Waals surface area contributed by atoms with Crippen LogP contribution >= 0.6 is 0 Å². The van der Waals surface area contributed by atoms with E-state index in [1.165, 1.54) is 0 Å². The van der Waals surface area contributed by atoms with Crippen LogP contribution in [0.5, 0.6) is 5.75 Å². The van der Waals surface area contributed by atoms with Crippen LogP contribution < -0.4 is 16.0 Å². The first-order valence-corrected chi connectivity index (χ1v) is 13.0. The number of rotatable bonds is 9. The lowest BCUT2D eigenvalue weighted by Gasteiger charge is -2.46. The number of nitrogens with two attached hydrogens (primary N) is 1. The second kappa shape index (κ2) is 11.2. The van der Waals surface area contributed by atoms with E-state index in [4.69, 9.17) is 5.73 Å². The van der Waals surface area contributed by atoms with Crippen LogP contribution in [-0.4, -0.2) is 70.8 Å². The van der Waals surface area contributed by atoms with Gasteiger partial charge in [0.25, 0.3) is 0 Å². The molecule has 6 N–H and O–H groups in total. The number of benzene rings is 2.